The second kappa shape index (κ2) is 5.15. The van der Waals surface area contributed by atoms with Crippen molar-refractivity contribution in [2.45, 2.75) is 38.4 Å². The minimum Gasteiger partial charge on any atom is -0.469 e. The zero-order valence-corrected chi connectivity index (χ0v) is 8.86. The Morgan fingerprint density at radius 2 is 2.43 bits per heavy atom. The molecule has 1 saturated heterocycles. The SMILES string of the molecule is C=CC[C@@H]1O[C@@H](CC(=O)OC)C[C@@H]1C. The zero-order chi connectivity index (χ0) is 10.6. The van der Waals surface area contributed by atoms with Gasteiger partial charge in [0.25, 0.3) is 0 Å². The molecule has 0 amide bonds. The van der Waals surface area contributed by atoms with Crippen LogP contribution < -0.4 is 0 Å². The highest BCUT2D eigenvalue weighted by Crippen LogP contribution is 2.30. The highest BCUT2D eigenvalue weighted by atomic mass is 16.5. The Kier molecular flexibility index (Phi) is 4.14. The lowest BCUT2D eigenvalue weighted by Crippen LogP contribution is -2.16. The van der Waals surface area contributed by atoms with Crippen LogP contribution in [-0.2, 0) is 14.3 Å². The van der Waals surface area contributed by atoms with E-state index in [-0.39, 0.29) is 18.2 Å². The van der Waals surface area contributed by atoms with Gasteiger partial charge in [-0.25, -0.2) is 0 Å². The summed E-state index contributed by atoms with van der Waals surface area (Å²) in [6.45, 7) is 5.83. The number of ether oxygens (including phenoxy) is 2. The molecule has 0 aromatic heterocycles. The van der Waals surface area contributed by atoms with Crippen LogP contribution in [0.5, 0.6) is 0 Å². The summed E-state index contributed by atoms with van der Waals surface area (Å²) >= 11 is 0. The maximum atomic E-state index is 11.0. The molecule has 0 aromatic rings. The van der Waals surface area contributed by atoms with E-state index in [2.05, 4.69) is 18.2 Å². The summed E-state index contributed by atoms with van der Waals surface area (Å²) in [5, 5.41) is 0. The maximum absolute atomic E-state index is 11.0. The lowest BCUT2D eigenvalue weighted by molar-refractivity contribution is -0.143. The van der Waals surface area contributed by atoms with E-state index in [1.54, 1.807) is 0 Å². The molecule has 3 atom stereocenters. The molecule has 3 nitrogen and oxygen atoms in total. The maximum Gasteiger partial charge on any atom is 0.308 e. The van der Waals surface area contributed by atoms with Crippen LogP contribution in [0.25, 0.3) is 0 Å². The van der Waals surface area contributed by atoms with Crippen molar-refractivity contribution < 1.29 is 14.3 Å². The highest BCUT2D eigenvalue weighted by molar-refractivity contribution is 5.69. The average Bonchev–Trinajstić information content (AvgIpc) is 2.47. The summed E-state index contributed by atoms with van der Waals surface area (Å²) < 4.78 is 10.3. The van der Waals surface area contributed by atoms with Crippen molar-refractivity contribution in [2.24, 2.45) is 5.92 Å². The highest BCUT2D eigenvalue weighted by Gasteiger charge is 2.32. The van der Waals surface area contributed by atoms with Gasteiger partial charge in [0, 0.05) is 0 Å². The summed E-state index contributed by atoms with van der Waals surface area (Å²) in [5.41, 5.74) is 0. The molecule has 14 heavy (non-hydrogen) atoms. The predicted octanol–water partition coefficient (Wildman–Crippen LogP) is 1.92. The van der Waals surface area contributed by atoms with Crippen LogP contribution in [-0.4, -0.2) is 25.3 Å². The number of methoxy groups -OCH3 is 1. The van der Waals surface area contributed by atoms with Crippen LogP contribution in [0.3, 0.4) is 0 Å². The van der Waals surface area contributed by atoms with Gasteiger partial charge in [-0.3, -0.25) is 4.79 Å². The fourth-order valence-electron chi connectivity index (χ4n) is 1.86. The Labute approximate surface area is 85.1 Å². The van der Waals surface area contributed by atoms with Crippen molar-refractivity contribution in [3.63, 3.8) is 0 Å². The summed E-state index contributed by atoms with van der Waals surface area (Å²) in [6.07, 6.45) is 4.28. The quantitative estimate of drug-likeness (QED) is 0.511. The molecule has 0 aromatic carbocycles. The summed E-state index contributed by atoms with van der Waals surface area (Å²) in [6, 6.07) is 0. The lowest BCUT2D eigenvalue weighted by Gasteiger charge is -2.12. The Morgan fingerprint density at radius 1 is 1.71 bits per heavy atom. The molecular formula is C11H18O3. The largest absolute Gasteiger partial charge is 0.469 e. The Hall–Kier alpha value is -0.830. The van der Waals surface area contributed by atoms with Gasteiger partial charge in [0.2, 0.25) is 0 Å². The van der Waals surface area contributed by atoms with E-state index in [1.807, 2.05) is 6.08 Å². The number of carbonyl (C=O) groups is 1. The van der Waals surface area contributed by atoms with Crippen LogP contribution in [0.15, 0.2) is 12.7 Å². The van der Waals surface area contributed by atoms with Crippen molar-refractivity contribution in [1.29, 1.82) is 0 Å². The third-order valence-corrected chi connectivity index (χ3v) is 2.66. The van der Waals surface area contributed by atoms with E-state index in [4.69, 9.17) is 4.74 Å². The fourth-order valence-corrected chi connectivity index (χ4v) is 1.86. The molecule has 1 aliphatic heterocycles. The van der Waals surface area contributed by atoms with E-state index in [0.29, 0.717) is 12.3 Å². The smallest absolute Gasteiger partial charge is 0.308 e. The summed E-state index contributed by atoms with van der Waals surface area (Å²) in [4.78, 5) is 11.0. The van der Waals surface area contributed by atoms with Gasteiger partial charge in [-0.15, -0.1) is 6.58 Å². The third kappa shape index (κ3) is 2.84. The molecule has 0 N–H and O–H groups in total. The van der Waals surface area contributed by atoms with E-state index >= 15 is 0 Å². The fraction of sp³-hybridized carbons (Fsp3) is 0.727. The Bertz CT molecular complexity index is 213. The minimum atomic E-state index is -0.193. The van der Waals surface area contributed by atoms with Gasteiger partial charge in [0.15, 0.2) is 0 Å². The molecule has 0 spiro atoms. The predicted molar refractivity (Wildman–Crippen MR) is 53.9 cm³/mol. The summed E-state index contributed by atoms with van der Waals surface area (Å²) in [7, 11) is 1.40. The molecule has 0 radical (unpaired) electrons. The third-order valence-electron chi connectivity index (χ3n) is 2.66. The van der Waals surface area contributed by atoms with Gasteiger partial charge in [-0.2, -0.15) is 0 Å². The topological polar surface area (TPSA) is 35.5 Å². The normalized spacial score (nSPS) is 31.4. The number of carbonyl (C=O) groups excluding carboxylic acids is 1. The van der Waals surface area contributed by atoms with Crippen molar-refractivity contribution in [3.05, 3.63) is 12.7 Å². The first-order chi connectivity index (χ1) is 6.67. The van der Waals surface area contributed by atoms with E-state index < -0.39 is 0 Å². The molecule has 1 rings (SSSR count). The first kappa shape index (κ1) is 11.2. The van der Waals surface area contributed by atoms with Crippen LogP contribution in [0.4, 0.5) is 0 Å². The second-order valence-corrected chi connectivity index (χ2v) is 3.81. The van der Waals surface area contributed by atoms with E-state index in [0.717, 1.165) is 12.8 Å². The molecule has 80 valence electrons. The van der Waals surface area contributed by atoms with Gasteiger partial charge < -0.3 is 9.47 Å². The van der Waals surface area contributed by atoms with Gasteiger partial charge in [0.05, 0.1) is 25.7 Å². The lowest BCUT2D eigenvalue weighted by atomic mass is 9.99. The summed E-state index contributed by atoms with van der Waals surface area (Å²) in [5.74, 6) is 0.309. The Morgan fingerprint density at radius 3 is 3.00 bits per heavy atom. The van der Waals surface area contributed by atoms with E-state index in [1.165, 1.54) is 7.11 Å². The molecule has 1 heterocycles. The van der Waals surface area contributed by atoms with Crippen LogP contribution in [0.2, 0.25) is 0 Å². The standard InChI is InChI=1S/C11H18O3/c1-4-5-10-8(2)6-9(14-10)7-11(12)13-3/h4,8-10H,1,5-7H2,2-3H3/t8-,9+,10-/m0/s1. The molecule has 1 fully saturated rings. The van der Waals surface area contributed by atoms with Gasteiger partial charge in [-0.1, -0.05) is 13.0 Å². The van der Waals surface area contributed by atoms with Crippen molar-refractivity contribution >= 4 is 5.97 Å². The average molecular weight is 198 g/mol. The van der Waals surface area contributed by atoms with Gasteiger partial charge in [-0.05, 0) is 18.8 Å². The molecule has 3 heteroatoms. The van der Waals surface area contributed by atoms with Gasteiger partial charge >= 0.3 is 5.97 Å². The van der Waals surface area contributed by atoms with Crippen LogP contribution >= 0.6 is 0 Å². The van der Waals surface area contributed by atoms with Crippen molar-refractivity contribution in [1.82, 2.24) is 0 Å². The molecule has 0 saturated carbocycles. The van der Waals surface area contributed by atoms with E-state index in [9.17, 15) is 4.79 Å². The van der Waals surface area contributed by atoms with Crippen LogP contribution in [0.1, 0.15) is 26.2 Å². The number of hydrogen-bond acceptors (Lipinski definition) is 3. The monoisotopic (exact) mass is 198 g/mol. The number of esters is 1. The zero-order valence-electron chi connectivity index (χ0n) is 8.86. The Balaban J connectivity index is 2.38. The number of hydrogen-bond donors (Lipinski definition) is 0. The molecule has 0 unspecified atom stereocenters. The molecular weight excluding hydrogens is 180 g/mol. The number of rotatable bonds is 4. The molecule has 0 bridgehead atoms. The first-order valence-corrected chi connectivity index (χ1v) is 5.00. The van der Waals surface area contributed by atoms with Crippen LogP contribution in [0, 0.1) is 5.92 Å². The van der Waals surface area contributed by atoms with Crippen molar-refractivity contribution in [2.75, 3.05) is 7.11 Å². The van der Waals surface area contributed by atoms with Crippen molar-refractivity contribution in [3.8, 4) is 0 Å². The minimum absolute atomic E-state index is 0.0300. The van der Waals surface area contributed by atoms with Gasteiger partial charge in [0.1, 0.15) is 0 Å². The second-order valence-electron chi connectivity index (χ2n) is 3.81. The molecule has 1 aliphatic rings. The molecule has 0 aliphatic carbocycles. The first-order valence-electron chi connectivity index (χ1n) is 5.00.